The van der Waals surface area contributed by atoms with Gasteiger partial charge in [-0.05, 0) is 59.6 Å². The molecule has 0 aliphatic heterocycles. The first-order valence-electron chi connectivity index (χ1n) is 7.86. The molecule has 3 rings (SSSR count). The average Bonchev–Trinajstić information content (AvgIpc) is 3.15. The van der Waals surface area contributed by atoms with Crippen molar-refractivity contribution in [3.05, 3.63) is 50.6 Å². The van der Waals surface area contributed by atoms with Crippen molar-refractivity contribution in [2.45, 2.75) is 26.9 Å². The van der Waals surface area contributed by atoms with Crippen LogP contribution in [-0.4, -0.2) is 29.2 Å². The highest BCUT2D eigenvalue weighted by molar-refractivity contribution is 9.10. The summed E-state index contributed by atoms with van der Waals surface area (Å²) in [4.78, 5) is 7.63. The van der Waals surface area contributed by atoms with E-state index in [1.54, 1.807) is 18.4 Å². The number of aromatic nitrogens is 2. The van der Waals surface area contributed by atoms with E-state index in [0.29, 0.717) is 18.3 Å². The van der Waals surface area contributed by atoms with Crippen LogP contribution < -0.4 is 4.74 Å². The molecule has 0 atom stereocenters. The number of thiophene rings is 1. The van der Waals surface area contributed by atoms with Crippen LogP contribution in [-0.2, 0) is 13.1 Å². The maximum absolute atomic E-state index is 5.43. The standard InChI is InChI=1S/C18H20BrN3O2S/c1-11-5-13(6-12(2)17(11)23-4)8-22(3)9-16-20-18(21-24-16)15-7-14(19)10-25-15/h5-7,10H,8-9H2,1-4H3. The van der Waals surface area contributed by atoms with Gasteiger partial charge in [-0.15, -0.1) is 11.3 Å². The fourth-order valence-electron chi connectivity index (χ4n) is 2.90. The second kappa shape index (κ2) is 7.68. The van der Waals surface area contributed by atoms with Crippen molar-refractivity contribution >= 4 is 27.3 Å². The van der Waals surface area contributed by atoms with Crippen LogP contribution in [0, 0.1) is 13.8 Å². The zero-order valence-electron chi connectivity index (χ0n) is 14.7. The van der Waals surface area contributed by atoms with Crippen LogP contribution >= 0.6 is 27.3 Å². The van der Waals surface area contributed by atoms with Crippen molar-refractivity contribution in [1.29, 1.82) is 0 Å². The number of hydrogen-bond acceptors (Lipinski definition) is 6. The molecule has 0 aliphatic rings. The zero-order chi connectivity index (χ0) is 18.0. The summed E-state index contributed by atoms with van der Waals surface area (Å²) < 4.78 is 11.8. The Morgan fingerprint density at radius 1 is 1.20 bits per heavy atom. The first kappa shape index (κ1) is 18.1. The Morgan fingerprint density at radius 3 is 2.52 bits per heavy atom. The van der Waals surface area contributed by atoms with Gasteiger partial charge >= 0.3 is 0 Å². The molecule has 2 heterocycles. The molecule has 1 aromatic carbocycles. The number of aryl methyl sites for hydroxylation is 2. The van der Waals surface area contributed by atoms with Gasteiger partial charge in [-0.2, -0.15) is 4.98 Å². The van der Waals surface area contributed by atoms with Crippen molar-refractivity contribution in [3.63, 3.8) is 0 Å². The molecule has 0 saturated heterocycles. The summed E-state index contributed by atoms with van der Waals surface area (Å²) >= 11 is 5.03. The second-order valence-electron chi connectivity index (χ2n) is 6.08. The Kier molecular flexibility index (Phi) is 5.56. The molecule has 0 bridgehead atoms. The van der Waals surface area contributed by atoms with E-state index < -0.39 is 0 Å². The molecule has 132 valence electrons. The molecule has 0 N–H and O–H groups in total. The molecule has 0 fully saturated rings. The lowest BCUT2D eigenvalue weighted by atomic mass is 10.1. The molecule has 0 radical (unpaired) electrons. The Bertz CT molecular complexity index is 852. The van der Waals surface area contributed by atoms with Gasteiger partial charge < -0.3 is 9.26 Å². The van der Waals surface area contributed by atoms with Crippen LogP contribution in [0.3, 0.4) is 0 Å². The van der Waals surface area contributed by atoms with Gasteiger partial charge in [0.2, 0.25) is 11.7 Å². The number of nitrogens with zero attached hydrogens (tertiary/aromatic N) is 3. The maximum atomic E-state index is 5.43. The summed E-state index contributed by atoms with van der Waals surface area (Å²) in [5.74, 6) is 2.20. The van der Waals surface area contributed by atoms with Gasteiger partial charge in [0.1, 0.15) is 5.75 Å². The van der Waals surface area contributed by atoms with E-state index in [1.807, 2.05) is 18.5 Å². The minimum Gasteiger partial charge on any atom is -0.496 e. The van der Waals surface area contributed by atoms with Gasteiger partial charge in [-0.3, -0.25) is 4.90 Å². The fourth-order valence-corrected chi connectivity index (χ4v) is 4.25. The van der Waals surface area contributed by atoms with Crippen LogP contribution in [0.5, 0.6) is 5.75 Å². The van der Waals surface area contributed by atoms with Gasteiger partial charge in [0, 0.05) is 16.4 Å². The van der Waals surface area contributed by atoms with Gasteiger partial charge in [-0.1, -0.05) is 17.3 Å². The van der Waals surface area contributed by atoms with E-state index in [9.17, 15) is 0 Å². The summed E-state index contributed by atoms with van der Waals surface area (Å²) in [7, 11) is 3.75. The highest BCUT2D eigenvalue weighted by Gasteiger charge is 2.13. The monoisotopic (exact) mass is 421 g/mol. The van der Waals surface area contributed by atoms with Gasteiger partial charge in [-0.25, -0.2) is 0 Å². The largest absolute Gasteiger partial charge is 0.496 e. The number of methoxy groups -OCH3 is 1. The zero-order valence-corrected chi connectivity index (χ0v) is 17.1. The van der Waals surface area contributed by atoms with Crippen LogP contribution in [0.2, 0.25) is 0 Å². The lowest BCUT2D eigenvalue weighted by molar-refractivity contribution is 0.260. The van der Waals surface area contributed by atoms with E-state index in [0.717, 1.165) is 32.8 Å². The third-order valence-electron chi connectivity index (χ3n) is 3.84. The number of hydrogen-bond donors (Lipinski definition) is 0. The molecule has 0 unspecified atom stereocenters. The van der Waals surface area contributed by atoms with Crippen LogP contribution in [0.1, 0.15) is 22.6 Å². The molecular formula is C18H20BrN3O2S. The minimum atomic E-state index is 0.601. The molecule has 0 aliphatic carbocycles. The predicted octanol–water partition coefficient (Wildman–Crippen LogP) is 4.82. The minimum absolute atomic E-state index is 0.601. The Hall–Kier alpha value is -1.70. The molecule has 25 heavy (non-hydrogen) atoms. The lowest BCUT2D eigenvalue weighted by Gasteiger charge is -2.17. The Labute approximate surface area is 159 Å². The van der Waals surface area contributed by atoms with Crippen molar-refractivity contribution in [2.75, 3.05) is 14.2 Å². The Morgan fingerprint density at radius 2 is 1.92 bits per heavy atom. The van der Waals surface area contributed by atoms with Crippen LogP contribution in [0.15, 0.2) is 32.6 Å². The molecule has 0 saturated carbocycles. The van der Waals surface area contributed by atoms with Gasteiger partial charge in [0.05, 0.1) is 18.5 Å². The summed E-state index contributed by atoms with van der Waals surface area (Å²) in [6.45, 7) is 5.54. The molecule has 3 aromatic rings. The highest BCUT2D eigenvalue weighted by atomic mass is 79.9. The van der Waals surface area contributed by atoms with E-state index in [2.05, 4.69) is 57.0 Å². The molecule has 0 spiro atoms. The number of benzene rings is 1. The van der Waals surface area contributed by atoms with Crippen LogP contribution in [0.4, 0.5) is 0 Å². The first-order valence-corrected chi connectivity index (χ1v) is 9.53. The summed E-state index contributed by atoms with van der Waals surface area (Å²) in [5, 5.41) is 6.08. The summed E-state index contributed by atoms with van der Waals surface area (Å²) in [5.41, 5.74) is 3.53. The number of rotatable bonds is 6. The SMILES string of the molecule is COc1c(C)cc(CN(C)Cc2nc(-c3cc(Br)cs3)no2)cc1C. The van der Waals surface area contributed by atoms with Crippen molar-refractivity contribution in [3.8, 4) is 16.5 Å². The van der Waals surface area contributed by atoms with E-state index in [1.165, 1.54) is 5.56 Å². The number of halogens is 1. The molecular weight excluding hydrogens is 402 g/mol. The average molecular weight is 422 g/mol. The molecule has 2 aromatic heterocycles. The topological polar surface area (TPSA) is 51.4 Å². The third-order valence-corrected chi connectivity index (χ3v) is 5.52. The first-order chi connectivity index (χ1) is 12.0. The smallest absolute Gasteiger partial charge is 0.241 e. The molecule has 0 amide bonds. The Balaban J connectivity index is 1.67. The van der Waals surface area contributed by atoms with Gasteiger partial charge in [0.25, 0.3) is 0 Å². The highest BCUT2D eigenvalue weighted by Crippen LogP contribution is 2.28. The third kappa shape index (κ3) is 4.29. The predicted molar refractivity (Wildman–Crippen MR) is 103 cm³/mol. The molecule has 5 nitrogen and oxygen atoms in total. The van der Waals surface area contributed by atoms with Crippen molar-refractivity contribution in [2.24, 2.45) is 0 Å². The fraction of sp³-hybridized carbons (Fsp3) is 0.333. The van der Waals surface area contributed by atoms with Gasteiger partial charge in [0.15, 0.2) is 0 Å². The van der Waals surface area contributed by atoms with E-state index in [-0.39, 0.29) is 0 Å². The number of ether oxygens (including phenoxy) is 1. The van der Waals surface area contributed by atoms with Crippen molar-refractivity contribution < 1.29 is 9.26 Å². The van der Waals surface area contributed by atoms with Crippen LogP contribution in [0.25, 0.3) is 10.7 Å². The van der Waals surface area contributed by atoms with E-state index >= 15 is 0 Å². The summed E-state index contributed by atoms with van der Waals surface area (Å²) in [6.07, 6.45) is 0. The molecule has 7 heteroatoms. The lowest BCUT2D eigenvalue weighted by Crippen LogP contribution is -2.17. The normalized spacial score (nSPS) is 11.3. The second-order valence-corrected chi connectivity index (χ2v) is 7.90. The van der Waals surface area contributed by atoms with Crippen molar-refractivity contribution in [1.82, 2.24) is 15.0 Å². The maximum Gasteiger partial charge on any atom is 0.241 e. The quantitative estimate of drug-likeness (QED) is 0.570. The summed E-state index contributed by atoms with van der Waals surface area (Å²) in [6, 6.07) is 6.31. The van der Waals surface area contributed by atoms with E-state index in [4.69, 9.17) is 9.26 Å².